The van der Waals surface area contributed by atoms with Crippen molar-refractivity contribution in [3.63, 3.8) is 0 Å². The van der Waals surface area contributed by atoms with Gasteiger partial charge >= 0.3 is 5.97 Å². The third-order valence-corrected chi connectivity index (χ3v) is 5.17. The van der Waals surface area contributed by atoms with E-state index in [0.717, 1.165) is 11.1 Å². The molecule has 2 aromatic carbocycles. The van der Waals surface area contributed by atoms with Crippen LogP contribution in [0.15, 0.2) is 59.1 Å². The molecular formula is C24H21NO6. The highest BCUT2D eigenvalue weighted by Crippen LogP contribution is 2.40. The second-order valence-corrected chi connectivity index (χ2v) is 7.04. The van der Waals surface area contributed by atoms with Crippen LogP contribution in [0, 0.1) is 0 Å². The fourth-order valence-electron chi connectivity index (χ4n) is 3.69. The molecule has 0 saturated carbocycles. The van der Waals surface area contributed by atoms with Gasteiger partial charge in [0, 0.05) is 23.7 Å². The van der Waals surface area contributed by atoms with Crippen molar-refractivity contribution in [1.29, 1.82) is 0 Å². The maximum absolute atomic E-state index is 13.3. The van der Waals surface area contributed by atoms with Gasteiger partial charge in [0.25, 0.3) is 0 Å². The molecular weight excluding hydrogens is 398 g/mol. The molecule has 0 saturated heterocycles. The highest BCUT2D eigenvalue weighted by atomic mass is 16.5. The van der Waals surface area contributed by atoms with Gasteiger partial charge in [-0.3, -0.25) is 4.79 Å². The summed E-state index contributed by atoms with van der Waals surface area (Å²) in [7, 11) is 1.20. The number of nitrogens with one attached hydrogen (secondary N) is 1. The zero-order valence-corrected chi connectivity index (χ0v) is 16.8. The molecule has 0 aliphatic carbocycles. The van der Waals surface area contributed by atoms with Crippen molar-refractivity contribution in [3.05, 3.63) is 77.4 Å². The molecule has 2 aromatic heterocycles. The highest BCUT2D eigenvalue weighted by molar-refractivity contribution is 6.18. The summed E-state index contributed by atoms with van der Waals surface area (Å²) in [6.45, 7) is 0.0712. The Kier molecular flexibility index (Phi) is 5.60. The Morgan fingerprint density at radius 3 is 2.55 bits per heavy atom. The van der Waals surface area contributed by atoms with Crippen LogP contribution in [-0.4, -0.2) is 40.7 Å². The Balaban J connectivity index is 1.83. The van der Waals surface area contributed by atoms with Crippen LogP contribution in [0.3, 0.4) is 0 Å². The number of rotatable bonds is 7. The average molecular weight is 419 g/mol. The van der Waals surface area contributed by atoms with Crippen LogP contribution in [-0.2, 0) is 11.2 Å². The van der Waals surface area contributed by atoms with Crippen molar-refractivity contribution in [3.8, 4) is 16.9 Å². The van der Waals surface area contributed by atoms with Gasteiger partial charge in [-0.15, -0.1) is 0 Å². The second kappa shape index (κ2) is 8.49. The molecule has 0 amide bonds. The van der Waals surface area contributed by atoms with Crippen LogP contribution in [0.25, 0.3) is 22.0 Å². The van der Waals surface area contributed by atoms with Crippen molar-refractivity contribution in [2.24, 2.45) is 0 Å². The lowest BCUT2D eigenvalue weighted by Crippen LogP contribution is -2.02. The molecule has 0 aliphatic heterocycles. The van der Waals surface area contributed by atoms with E-state index in [9.17, 15) is 14.7 Å². The maximum Gasteiger partial charge on any atom is 0.374 e. The number of carbonyl (C=O) groups is 2. The number of hydrogen-bond acceptors (Lipinski definition) is 6. The number of aromatic amines is 1. The molecule has 2 heterocycles. The van der Waals surface area contributed by atoms with E-state index in [4.69, 9.17) is 14.3 Å². The Morgan fingerprint density at radius 1 is 1.06 bits per heavy atom. The smallest absolute Gasteiger partial charge is 0.374 e. The van der Waals surface area contributed by atoms with E-state index >= 15 is 0 Å². The summed E-state index contributed by atoms with van der Waals surface area (Å²) in [5.74, 6) is -2.34. The monoisotopic (exact) mass is 419 g/mol. The number of furan rings is 1. The number of aliphatic hydroxyl groups excluding tert-OH is 1. The molecule has 158 valence electrons. The standard InChI is InChI=1S/C24H21NO6/c1-30-24(29)22-18(14-7-3-2-4-8-14)21(28)23(31-22)20(27)17-13-25-19-15(10-6-12-26)9-5-11-16(17)19/h2-5,7-9,11,13,25-26,28H,6,10,12H2,1H3. The number of ether oxygens (including phenoxy) is 1. The zero-order valence-electron chi connectivity index (χ0n) is 16.8. The minimum absolute atomic E-state index is 0.0712. The molecule has 4 rings (SSSR count). The fraction of sp³-hybridized carbons (Fsp3) is 0.167. The van der Waals surface area contributed by atoms with Crippen LogP contribution in [0.5, 0.6) is 5.75 Å². The number of aromatic nitrogens is 1. The molecule has 0 radical (unpaired) electrons. The van der Waals surface area contributed by atoms with Gasteiger partial charge in [-0.2, -0.15) is 0 Å². The van der Waals surface area contributed by atoms with Gasteiger partial charge in [-0.25, -0.2) is 4.79 Å². The fourth-order valence-corrected chi connectivity index (χ4v) is 3.69. The number of hydrogen-bond donors (Lipinski definition) is 3. The molecule has 3 N–H and O–H groups in total. The maximum atomic E-state index is 13.3. The lowest BCUT2D eigenvalue weighted by Gasteiger charge is -2.03. The first kappa shape index (κ1) is 20.4. The largest absolute Gasteiger partial charge is 0.504 e. The lowest BCUT2D eigenvalue weighted by atomic mass is 10.0. The van der Waals surface area contributed by atoms with Crippen LogP contribution in [0.1, 0.15) is 38.7 Å². The number of para-hydroxylation sites is 1. The van der Waals surface area contributed by atoms with Gasteiger partial charge in [0.1, 0.15) is 0 Å². The zero-order chi connectivity index (χ0) is 22.0. The number of fused-ring (bicyclic) bond motifs is 1. The number of esters is 1. The highest BCUT2D eigenvalue weighted by Gasteiger charge is 2.31. The molecule has 0 bridgehead atoms. The molecule has 0 fully saturated rings. The van der Waals surface area contributed by atoms with Gasteiger partial charge in [0.05, 0.1) is 18.2 Å². The summed E-state index contributed by atoms with van der Waals surface area (Å²) in [5, 5.41) is 20.6. The van der Waals surface area contributed by atoms with Gasteiger partial charge in [0.15, 0.2) is 5.75 Å². The van der Waals surface area contributed by atoms with E-state index in [1.165, 1.54) is 7.11 Å². The normalized spacial score (nSPS) is 11.0. The molecule has 0 unspecified atom stereocenters. The summed E-state index contributed by atoms with van der Waals surface area (Å²) in [4.78, 5) is 28.7. The van der Waals surface area contributed by atoms with Crippen molar-refractivity contribution < 1.29 is 29.0 Å². The second-order valence-electron chi connectivity index (χ2n) is 7.04. The number of carbonyl (C=O) groups excluding carboxylic acids is 2. The first-order chi connectivity index (χ1) is 15.1. The van der Waals surface area contributed by atoms with E-state index in [-0.39, 0.29) is 23.7 Å². The summed E-state index contributed by atoms with van der Waals surface area (Å²) in [6.07, 6.45) is 2.80. The van der Waals surface area contributed by atoms with E-state index in [1.807, 2.05) is 12.1 Å². The first-order valence-corrected chi connectivity index (χ1v) is 9.80. The van der Waals surface area contributed by atoms with E-state index in [1.54, 1.807) is 42.6 Å². The minimum atomic E-state index is -0.793. The predicted octanol–water partition coefficient (Wildman–Crippen LogP) is 4.08. The minimum Gasteiger partial charge on any atom is -0.504 e. The number of H-pyrrole nitrogens is 1. The summed E-state index contributed by atoms with van der Waals surface area (Å²) in [5.41, 5.74) is 2.69. The number of aromatic hydroxyl groups is 1. The third kappa shape index (κ3) is 3.60. The quantitative estimate of drug-likeness (QED) is 0.307. The Morgan fingerprint density at radius 2 is 1.84 bits per heavy atom. The molecule has 7 heteroatoms. The Bertz CT molecular complexity index is 1250. The molecule has 31 heavy (non-hydrogen) atoms. The average Bonchev–Trinajstić information content (AvgIpc) is 3.39. The van der Waals surface area contributed by atoms with Crippen molar-refractivity contribution in [1.82, 2.24) is 4.98 Å². The summed E-state index contributed by atoms with van der Waals surface area (Å²) < 4.78 is 10.3. The number of aryl methyl sites for hydroxylation is 1. The van der Waals surface area contributed by atoms with Gasteiger partial charge in [-0.05, 0) is 24.0 Å². The summed E-state index contributed by atoms with van der Waals surface area (Å²) >= 11 is 0. The number of methoxy groups -OCH3 is 1. The molecule has 0 aliphatic rings. The van der Waals surface area contributed by atoms with Crippen molar-refractivity contribution in [2.75, 3.05) is 13.7 Å². The number of aliphatic hydroxyl groups is 1. The van der Waals surface area contributed by atoms with Crippen LogP contribution < -0.4 is 0 Å². The third-order valence-electron chi connectivity index (χ3n) is 5.17. The Hall–Kier alpha value is -3.84. The molecule has 4 aromatic rings. The summed E-state index contributed by atoms with van der Waals surface area (Å²) in [6, 6.07) is 14.2. The molecule has 7 nitrogen and oxygen atoms in total. The SMILES string of the molecule is COC(=O)c1oc(C(=O)c2c[nH]c3c(CCCO)cccc23)c(O)c1-c1ccccc1. The lowest BCUT2D eigenvalue weighted by molar-refractivity contribution is 0.0564. The van der Waals surface area contributed by atoms with Gasteiger partial charge in [-0.1, -0.05) is 48.5 Å². The molecule has 0 spiro atoms. The molecule has 0 atom stereocenters. The van der Waals surface area contributed by atoms with Crippen molar-refractivity contribution >= 4 is 22.7 Å². The predicted molar refractivity (Wildman–Crippen MR) is 114 cm³/mol. The number of ketones is 1. The van der Waals surface area contributed by atoms with E-state index in [0.29, 0.717) is 29.4 Å². The Labute approximate surface area is 177 Å². The van der Waals surface area contributed by atoms with Crippen LogP contribution in [0.4, 0.5) is 0 Å². The van der Waals surface area contributed by atoms with Gasteiger partial charge < -0.3 is 24.4 Å². The van der Waals surface area contributed by atoms with Crippen LogP contribution in [0.2, 0.25) is 0 Å². The van der Waals surface area contributed by atoms with Crippen LogP contribution >= 0.6 is 0 Å². The number of benzene rings is 2. The van der Waals surface area contributed by atoms with E-state index in [2.05, 4.69) is 4.98 Å². The first-order valence-electron chi connectivity index (χ1n) is 9.80. The van der Waals surface area contributed by atoms with Gasteiger partial charge in [0.2, 0.25) is 17.3 Å². The van der Waals surface area contributed by atoms with Crippen molar-refractivity contribution in [2.45, 2.75) is 12.8 Å². The van der Waals surface area contributed by atoms with E-state index < -0.39 is 17.5 Å². The topological polar surface area (TPSA) is 113 Å².